The van der Waals surface area contributed by atoms with Crippen LogP contribution in [0.2, 0.25) is 0 Å². The molecule has 0 aromatic carbocycles. The Hall–Kier alpha value is -0.610. The smallest absolute Gasteiger partial charge is 0.225 e. The first-order valence-electron chi connectivity index (χ1n) is 4.67. The number of nitrogens with zero attached hydrogens (tertiary/aromatic N) is 1. The molecule has 1 saturated carbocycles. The predicted molar refractivity (Wildman–Crippen MR) is 50.0 cm³/mol. The molecule has 0 radical (unpaired) electrons. The fourth-order valence-electron chi connectivity index (χ4n) is 1.78. The van der Waals surface area contributed by atoms with Crippen molar-refractivity contribution in [1.82, 2.24) is 4.90 Å². The van der Waals surface area contributed by atoms with E-state index in [1.807, 2.05) is 0 Å². The molecule has 1 unspecified atom stereocenters. The lowest BCUT2D eigenvalue weighted by Crippen LogP contribution is -2.44. The summed E-state index contributed by atoms with van der Waals surface area (Å²) in [5.74, 6) is 0.135. The highest BCUT2D eigenvalue weighted by Crippen LogP contribution is 2.24. The van der Waals surface area contributed by atoms with Gasteiger partial charge in [0.1, 0.15) is 0 Å². The maximum absolute atomic E-state index is 11.5. The lowest BCUT2D eigenvalue weighted by molar-refractivity contribution is -0.134. The van der Waals surface area contributed by atoms with Gasteiger partial charge in [0, 0.05) is 26.1 Å². The van der Waals surface area contributed by atoms with Crippen LogP contribution in [-0.2, 0) is 4.79 Å². The molecule has 1 rings (SSSR count). The molecule has 0 saturated heterocycles. The first kappa shape index (κ1) is 10.5. The number of hydrogen-bond donors (Lipinski definition) is 2. The molecule has 0 bridgehead atoms. The average molecular weight is 186 g/mol. The van der Waals surface area contributed by atoms with Gasteiger partial charge in [-0.15, -0.1) is 0 Å². The Morgan fingerprint density at radius 2 is 2.08 bits per heavy atom. The average Bonchev–Trinajstić information content (AvgIpc) is 2.08. The van der Waals surface area contributed by atoms with Crippen LogP contribution in [-0.4, -0.2) is 42.2 Å². The van der Waals surface area contributed by atoms with E-state index in [0.29, 0.717) is 12.8 Å². The van der Waals surface area contributed by atoms with Gasteiger partial charge in [0.2, 0.25) is 5.91 Å². The second-order valence-corrected chi connectivity index (χ2v) is 3.97. The monoisotopic (exact) mass is 186 g/mol. The summed E-state index contributed by atoms with van der Waals surface area (Å²) < 4.78 is 0. The number of amides is 1. The van der Waals surface area contributed by atoms with Gasteiger partial charge >= 0.3 is 0 Å². The maximum Gasteiger partial charge on any atom is 0.225 e. The Kier molecular flexibility index (Phi) is 3.27. The van der Waals surface area contributed by atoms with E-state index in [4.69, 9.17) is 5.73 Å². The van der Waals surface area contributed by atoms with Crippen molar-refractivity contribution < 1.29 is 9.90 Å². The minimum atomic E-state index is -0.425. The Morgan fingerprint density at radius 3 is 2.54 bits per heavy atom. The number of carbonyl (C=O) groups is 1. The molecule has 1 fully saturated rings. The molecule has 1 amide bonds. The Morgan fingerprint density at radius 1 is 1.46 bits per heavy atom. The fraction of sp³-hybridized carbons (Fsp3) is 0.889. The van der Waals surface area contributed by atoms with Crippen LogP contribution in [0.1, 0.15) is 19.3 Å². The Labute approximate surface area is 78.7 Å². The highest BCUT2D eigenvalue weighted by molar-refractivity contribution is 5.78. The van der Waals surface area contributed by atoms with E-state index in [9.17, 15) is 9.90 Å². The number of nitrogens with two attached hydrogens (primary N) is 1. The Balaban J connectivity index is 2.50. The molecular weight excluding hydrogens is 168 g/mol. The van der Waals surface area contributed by atoms with Crippen LogP contribution in [0, 0.1) is 5.92 Å². The van der Waals surface area contributed by atoms with E-state index in [2.05, 4.69) is 0 Å². The van der Waals surface area contributed by atoms with Crippen molar-refractivity contribution in [3.8, 4) is 0 Å². The summed E-state index contributed by atoms with van der Waals surface area (Å²) in [6.07, 6.45) is 1.58. The molecule has 0 aromatic rings. The van der Waals surface area contributed by atoms with Crippen LogP contribution >= 0.6 is 0 Å². The third kappa shape index (κ3) is 2.42. The number of carbonyl (C=O) groups excluding carboxylic acids is 1. The zero-order valence-electron chi connectivity index (χ0n) is 8.23. The standard InChI is InChI=1S/C9H18N2O2/c1-11(2)9(13)6-3-4-8(12)7(10)5-6/h6-8,12H,3-5,10H2,1-2H3/t6?,7-,8-/m1/s1. The summed E-state index contributed by atoms with van der Waals surface area (Å²) in [6, 6.07) is -0.234. The molecule has 4 heteroatoms. The summed E-state index contributed by atoms with van der Waals surface area (Å²) in [4.78, 5) is 13.1. The molecule has 76 valence electrons. The van der Waals surface area contributed by atoms with E-state index < -0.39 is 6.10 Å². The van der Waals surface area contributed by atoms with Crippen molar-refractivity contribution in [3.63, 3.8) is 0 Å². The van der Waals surface area contributed by atoms with Gasteiger partial charge in [-0.3, -0.25) is 4.79 Å². The van der Waals surface area contributed by atoms with Crippen LogP contribution in [0.3, 0.4) is 0 Å². The molecule has 1 aliphatic carbocycles. The van der Waals surface area contributed by atoms with Gasteiger partial charge in [-0.2, -0.15) is 0 Å². The second kappa shape index (κ2) is 4.07. The molecular formula is C9H18N2O2. The molecule has 3 atom stereocenters. The molecule has 4 nitrogen and oxygen atoms in total. The molecule has 0 aromatic heterocycles. The van der Waals surface area contributed by atoms with Gasteiger partial charge in [-0.05, 0) is 19.3 Å². The Bertz CT molecular complexity index is 194. The quantitative estimate of drug-likeness (QED) is 0.583. The number of aliphatic hydroxyl groups is 1. The van der Waals surface area contributed by atoms with Crippen molar-refractivity contribution in [2.45, 2.75) is 31.4 Å². The molecule has 0 aliphatic heterocycles. The third-order valence-electron chi connectivity index (χ3n) is 2.65. The highest BCUT2D eigenvalue weighted by Gasteiger charge is 2.31. The van der Waals surface area contributed by atoms with E-state index >= 15 is 0 Å². The predicted octanol–water partition coefficient (Wildman–Crippen LogP) is -0.437. The summed E-state index contributed by atoms with van der Waals surface area (Å²) in [6.45, 7) is 0. The number of hydrogen-bond acceptors (Lipinski definition) is 3. The SMILES string of the molecule is CN(C)C(=O)C1CC[C@@H](O)[C@H](N)C1. The molecule has 0 spiro atoms. The van der Waals surface area contributed by atoms with Gasteiger partial charge in [-0.1, -0.05) is 0 Å². The topological polar surface area (TPSA) is 66.6 Å². The zero-order valence-corrected chi connectivity index (χ0v) is 8.23. The summed E-state index contributed by atoms with van der Waals surface area (Å²) >= 11 is 0. The number of aliphatic hydroxyl groups excluding tert-OH is 1. The van der Waals surface area contributed by atoms with Crippen molar-refractivity contribution >= 4 is 5.91 Å². The molecule has 13 heavy (non-hydrogen) atoms. The van der Waals surface area contributed by atoms with Crippen LogP contribution in [0.5, 0.6) is 0 Å². The van der Waals surface area contributed by atoms with E-state index in [-0.39, 0.29) is 17.9 Å². The van der Waals surface area contributed by atoms with E-state index in [1.54, 1.807) is 19.0 Å². The van der Waals surface area contributed by atoms with Crippen molar-refractivity contribution in [3.05, 3.63) is 0 Å². The molecule has 1 aliphatic rings. The van der Waals surface area contributed by atoms with Gasteiger partial charge < -0.3 is 15.7 Å². The van der Waals surface area contributed by atoms with Crippen molar-refractivity contribution in [2.75, 3.05) is 14.1 Å². The van der Waals surface area contributed by atoms with Gasteiger partial charge in [-0.25, -0.2) is 0 Å². The zero-order chi connectivity index (χ0) is 10.0. The minimum Gasteiger partial charge on any atom is -0.392 e. The first-order valence-corrected chi connectivity index (χ1v) is 4.67. The van der Waals surface area contributed by atoms with Crippen molar-refractivity contribution in [1.29, 1.82) is 0 Å². The van der Waals surface area contributed by atoms with Crippen molar-refractivity contribution in [2.24, 2.45) is 11.7 Å². The van der Waals surface area contributed by atoms with E-state index in [1.165, 1.54) is 0 Å². The lowest BCUT2D eigenvalue weighted by Gasteiger charge is -2.31. The maximum atomic E-state index is 11.5. The normalized spacial score (nSPS) is 34.3. The van der Waals surface area contributed by atoms with Crippen LogP contribution in [0.25, 0.3) is 0 Å². The summed E-state index contributed by atoms with van der Waals surface area (Å²) in [7, 11) is 3.50. The molecule has 3 N–H and O–H groups in total. The van der Waals surface area contributed by atoms with Crippen LogP contribution in [0.4, 0.5) is 0 Å². The van der Waals surface area contributed by atoms with Gasteiger partial charge in [0.05, 0.1) is 6.10 Å². The largest absolute Gasteiger partial charge is 0.392 e. The second-order valence-electron chi connectivity index (χ2n) is 3.97. The fourth-order valence-corrected chi connectivity index (χ4v) is 1.78. The van der Waals surface area contributed by atoms with Crippen LogP contribution < -0.4 is 5.73 Å². The third-order valence-corrected chi connectivity index (χ3v) is 2.65. The van der Waals surface area contributed by atoms with E-state index in [0.717, 1.165) is 6.42 Å². The highest BCUT2D eigenvalue weighted by atomic mass is 16.3. The molecule has 0 heterocycles. The van der Waals surface area contributed by atoms with Gasteiger partial charge in [0.15, 0.2) is 0 Å². The summed E-state index contributed by atoms with van der Waals surface area (Å²) in [5.41, 5.74) is 5.69. The summed E-state index contributed by atoms with van der Waals surface area (Å²) in [5, 5.41) is 9.37. The minimum absolute atomic E-state index is 0.00778. The number of rotatable bonds is 1. The van der Waals surface area contributed by atoms with Gasteiger partial charge in [0.25, 0.3) is 0 Å². The lowest BCUT2D eigenvalue weighted by atomic mass is 9.83. The van der Waals surface area contributed by atoms with Crippen LogP contribution in [0.15, 0.2) is 0 Å². The first-order chi connectivity index (χ1) is 6.02.